The van der Waals surface area contributed by atoms with Crippen LogP contribution in [0.15, 0.2) is 22.7 Å². The van der Waals surface area contributed by atoms with Gasteiger partial charge in [-0.05, 0) is 28.1 Å². The van der Waals surface area contributed by atoms with Gasteiger partial charge >= 0.3 is 12.0 Å². The van der Waals surface area contributed by atoms with Gasteiger partial charge in [-0.2, -0.15) is 0 Å². The highest BCUT2D eigenvalue weighted by Gasteiger charge is 2.39. The number of aliphatic hydroxyl groups is 1. The van der Waals surface area contributed by atoms with Crippen molar-refractivity contribution in [2.24, 2.45) is 0 Å². The molecule has 1 aromatic rings. The summed E-state index contributed by atoms with van der Waals surface area (Å²) in [5.74, 6) is -1.84. The molecule has 2 atom stereocenters. The molecule has 20 heavy (non-hydrogen) atoms. The van der Waals surface area contributed by atoms with Crippen molar-refractivity contribution in [1.82, 2.24) is 4.90 Å². The van der Waals surface area contributed by atoms with Crippen LogP contribution in [0.2, 0.25) is 0 Å². The van der Waals surface area contributed by atoms with E-state index in [1.54, 1.807) is 6.07 Å². The molecule has 0 unspecified atom stereocenters. The van der Waals surface area contributed by atoms with Crippen LogP contribution in [0.1, 0.15) is 6.42 Å². The van der Waals surface area contributed by atoms with Crippen LogP contribution in [0.3, 0.4) is 0 Å². The van der Waals surface area contributed by atoms with Crippen LogP contribution in [0.25, 0.3) is 0 Å². The number of carbonyl (C=O) groups is 2. The number of aliphatic carboxylic acids is 1. The van der Waals surface area contributed by atoms with Gasteiger partial charge in [-0.1, -0.05) is 6.07 Å². The van der Waals surface area contributed by atoms with Gasteiger partial charge in [0, 0.05) is 17.4 Å². The lowest BCUT2D eigenvalue weighted by Gasteiger charge is -2.22. The van der Waals surface area contributed by atoms with Gasteiger partial charge < -0.3 is 20.4 Å². The molecule has 2 rings (SSSR count). The third kappa shape index (κ3) is 2.91. The number of benzene rings is 1. The van der Waals surface area contributed by atoms with Gasteiger partial charge in [0.25, 0.3) is 0 Å². The molecule has 108 valence electrons. The Balaban J connectivity index is 2.18. The van der Waals surface area contributed by atoms with E-state index in [1.165, 1.54) is 12.1 Å². The number of likely N-dealkylation sites (tertiary alicyclic amines) is 1. The second kappa shape index (κ2) is 5.76. The van der Waals surface area contributed by atoms with Crippen molar-refractivity contribution in [2.45, 2.75) is 18.6 Å². The minimum absolute atomic E-state index is 0.0405. The number of hydrogen-bond donors (Lipinski definition) is 3. The summed E-state index contributed by atoms with van der Waals surface area (Å²) < 4.78 is 13.9. The number of nitrogens with zero attached hydrogens (tertiary/aromatic N) is 1. The van der Waals surface area contributed by atoms with E-state index in [4.69, 9.17) is 5.11 Å². The van der Waals surface area contributed by atoms with E-state index in [-0.39, 0.29) is 18.7 Å². The highest BCUT2D eigenvalue weighted by Crippen LogP contribution is 2.27. The zero-order valence-electron chi connectivity index (χ0n) is 10.2. The van der Waals surface area contributed by atoms with Gasteiger partial charge in [-0.3, -0.25) is 0 Å². The minimum Gasteiger partial charge on any atom is -0.480 e. The molecule has 0 aromatic heterocycles. The van der Waals surface area contributed by atoms with E-state index in [9.17, 15) is 19.1 Å². The Hall–Kier alpha value is -1.67. The summed E-state index contributed by atoms with van der Waals surface area (Å²) in [7, 11) is 0. The molecule has 8 heteroatoms. The number of aliphatic hydroxyl groups excluding tert-OH is 1. The van der Waals surface area contributed by atoms with Crippen LogP contribution < -0.4 is 5.32 Å². The minimum atomic E-state index is -1.20. The summed E-state index contributed by atoms with van der Waals surface area (Å²) >= 11 is 3.10. The second-order valence-corrected chi connectivity index (χ2v) is 5.28. The highest BCUT2D eigenvalue weighted by molar-refractivity contribution is 9.10. The van der Waals surface area contributed by atoms with Crippen molar-refractivity contribution in [3.63, 3.8) is 0 Å². The molecule has 6 nitrogen and oxygen atoms in total. The van der Waals surface area contributed by atoms with Crippen molar-refractivity contribution >= 4 is 33.6 Å². The van der Waals surface area contributed by atoms with E-state index in [0.29, 0.717) is 4.47 Å². The summed E-state index contributed by atoms with van der Waals surface area (Å²) in [4.78, 5) is 24.0. The molecule has 1 fully saturated rings. The summed E-state index contributed by atoms with van der Waals surface area (Å²) in [6.45, 7) is -0.102. The fraction of sp³-hybridized carbons (Fsp3) is 0.333. The van der Waals surface area contributed by atoms with Crippen molar-refractivity contribution in [3.05, 3.63) is 28.5 Å². The number of β-amino-alcohol motifs (C(OH)–C–C–N with tert-alkyl or cyclic N) is 1. The number of halogens is 2. The van der Waals surface area contributed by atoms with E-state index >= 15 is 0 Å². The number of hydrogen-bond acceptors (Lipinski definition) is 3. The topological polar surface area (TPSA) is 89.9 Å². The average Bonchev–Trinajstić information content (AvgIpc) is 2.76. The van der Waals surface area contributed by atoms with Crippen molar-refractivity contribution in [1.29, 1.82) is 0 Å². The van der Waals surface area contributed by atoms with Gasteiger partial charge in [0.1, 0.15) is 11.9 Å². The maximum atomic E-state index is 13.6. The van der Waals surface area contributed by atoms with E-state index in [2.05, 4.69) is 21.2 Å². The number of carbonyl (C=O) groups excluding carboxylic acids is 1. The molecule has 2 amide bonds. The molecule has 0 saturated carbocycles. The number of carboxylic acids is 1. The Morgan fingerprint density at radius 3 is 2.75 bits per heavy atom. The molecule has 3 N–H and O–H groups in total. The first-order valence-corrected chi connectivity index (χ1v) is 6.62. The Kier molecular flexibility index (Phi) is 4.24. The molecule has 0 spiro atoms. The third-order valence-electron chi connectivity index (χ3n) is 3.02. The van der Waals surface area contributed by atoms with Crippen molar-refractivity contribution in [2.75, 3.05) is 11.9 Å². The molecule has 1 aliphatic rings. The van der Waals surface area contributed by atoms with Crippen molar-refractivity contribution < 1.29 is 24.2 Å². The Morgan fingerprint density at radius 2 is 2.15 bits per heavy atom. The second-order valence-electron chi connectivity index (χ2n) is 4.42. The molecule has 1 aliphatic heterocycles. The van der Waals surface area contributed by atoms with Crippen LogP contribution in [-0.4, -0.2) is 45.8 Å². The lowest BCUT2D eigenvalue weighted by Crippen LogP contribution is -2.43. The molecular formula is C12H12BrFN2O4. The number of para-hydroxylation sites is 1. The van der Waals surface area contributed by atoms with E-state index < -0.39 is 30.0 Å². The standard InChI is InChI=1S/C12H12BrFN2O4/c13-7-2-1-3-8(14)10(7)15-12(20)16-5-6(17)4-9(16)11(18)19/h1-3,6,9,17H,4-5H2,(H,15,20)(H,18,19)/t6-,9-/m0/s1. The van der Waals surface area contributed by atoms with E-state index in [1.807, 2.05) is 0 Å². The lowest BCUT2D eigenvalue weighted by atomic mass is 10.2. The lowest BCUT2D eigenvalue weighted by molar-refractivity contribution is -0.141. The molecule has 1 heterocycles. The quantitative estimate of drug-likeness (QED) is 0.759. The maximum absolute atomic E-state index is 13.6. The predicted molar refractivity (Wildman–Crippen MR) is 71.9 cm³/mol. The summed E-state index contributed by atoms with van der Waals surface area (Å²) in [5.41, 5.74) is -0.0666. The largest absolute Gasteiger partial charge is 0.480 e. The van der Waals surface area contributed by atoms with Gasteiger partial charge in [0.15, 0.2) is 0 Å². The number of nitrogens with one attached hydrogen (secondary N) is 1. The molecule has 1 aromatic carbocycles. The first kappa shape index (κ1) is 14.7. The predicted octanol–water partition coefficient (Wildman–Crippen LogP) is 1.64. The number of rotatable bonds is 2. The van der Waals surface area contributed by atoms with Gasteiger partial charge in [-0.25, -0.2) is 14.0 Å². The van der Waals surface area contributed by atoms with Crippen LogP contribution in [0, 0.1) is 5.82 Å². The summed E-state index contributed by atoms with van der Waals surface area (Å²) in [6.07, 6.45) is -0.938. The Labute approximate surface area is 122 Å². The SMILES string of the molecule is O=C(O)[C@@H]1C[C@H](O)CN1C(=O)Nc1c(F)cccc1Br. The van der Waals surface area contributed by atoms with Crippen LogP contribution in [0.5, 0.6) is 0 Å². The zero-order valence-corrected chi connectivity index (χ0v) is 11.8. The molecular weight excluding hydrogens is 335 g/mol. The number of urea groups is 1. The smallest absolute Gasteiger partial charge is 0.326 e. The first-order valence-electron chi connectivity index (χ1n) is 5.82. The maximum Gasteiger partial charge on any atom is 0.326 e. The van der Waals surface area contributed by atoms with E-state index in [0.717, 1.165) is 4.90 Å². The molecule has 0 aliphatic carbocycles. The van der Waals surface area contributed by atoms with Gasteiger partial charge in [0.05, 0.1) is 11.8 Å². The fourth-order valence-corrected chi connectivity index (χ4v) is 2.51. The van der Waals surface area contributed by atoms with Crippen LogP contribution in [-0.2, 0) is 4.79 Å². The molecule has 0 radical (unpaired) electrons. The number of carboxylic acid groups (broad SMARTS) is 1. The van der Waals surface area contributed by atoms with Gasteiger partial charge in [-0.15, -0.1) is 0 Å². The monoisotopic (exact) mass is 346 g/mol. The number of amides is 2. The molecule has 1 saturated heterocycles. The third-order valence-corrected chi connectivity index (χ3v) is 3.68. The summed E-state index contributed by atoms with van der Waals surface area (Å²) in [6, 6.07) is 2.31. The zero-order chi connectivity index (χ0) is 14.9. The highest BCUT2D eigenvalue weighted by atomic mass is 79.9. The summed E-state index contributed by atoms with van der Waals surface area (Å²) in [5, 5.41) is 20.8. The fourth-order valence-electron chi connectivity index (χ4n) is 2.07. The van der Waals surface area contributed by atoms with Crippen LogP contribution in [0.4, 0.5) is 14.9 Å². The number of anilines is 1. The Bertz CT molecular complexity index is 534. The first-order chi connectivity index (χ1) is 9.40. The van der Waals surface area contributed by atoms with Crippen LogP contribution >= 0.6 is 15.9 Å². The molecule has 0 bridgehead atoms. The normalized spacial score (nSPS) is 21.9. The average molecular weight is 347 g/mol. The van der Waals surface area contributed by atoms with Gasteiger partial charge in [0.2, 0.25) is 0 Å². The Morgan fingerprint density at radius 1 is 1.45 bits per heavy atom. The van der Waals surface area contributed by atoms with Crippen molar-refractivity contribution in [3.8, 4) is 0 Å².